The minimum atomic E-state index is -0.0914. The van der Waals surface area contributed by atoms with Gasteiger partial charge in [-0.3, -0.25) is 9.36 Å². The van der Waals surface area contributed by atoms with E-state index in [1.54, 1.807) is 25.4 Å². The molecule has 4 rings (SSSR count). The average molecular weight is 343 g/mol. The molecule has 2 aromatic carbocycles. The van der Waals surface area contributed by atoms with Crippen molar-refractivity contribution < 1.29 is 4.74 Å². The second-order valence-corrected chi connectivity index (χ2v) is 5.77. The van der Waals surface area contributed by atoms with Crippen LogP contribution < -0.4 is 15.5 Å². The van der Waals surface area contributed by atoms with E-state index in [9.17, 15) is 4.79 Å². The third kappa shape index (κ3) is 2.80. The molecular formula is C21H17N3O2. The number of fused-ring (bicyclic) bond motifs is 1. The first-order valence-electron chi connectivity index (χ1n) is 8.24. The lowest BCUT2D eigenvalue weighted by molar-refractivity contribution is 0.401. The lowest BCUT2D eigenvalue weighted by Gasteiger charge is -2.19. The third-order valence-electron chi connectivity index (χ3n) is 4.14. The van der Waals surface area contributed by atoms with E-state index >= 15 is 0 Å². The molecule has 4 aromatic rings. The number of nitrogens with zero attached hydrogens (tertiary/aromatic N) is 2. The van der Waals surface area contributed by atoms with Crippen LogP contribution >= 0.6 is 0 Å². The highest BCUT2D eigenvalue weighted by molar-refractivity contribution is 5.87. The zero-order chi connectivity index (χ0) is 17.9. The van der Waals surface area contributed by atoms with Crippen LogP contribution in [0.15, 0.2) is 83.8 Å². The van der Waals surface area contributed by atoms with Crippen molar-refractivity contribution in [3.63, 3.8) is 0 Å². The van der Waals surface area contributed by atoms with Crippen LogP contribution in [0.1, 0.15) is 0 Å². The molecule has 2 heterocycles. The Kier molecular flexibility index (Phi) is 4.11. The van der Waals surface area contributed by atoms with Gasteiger partial charge in [0, 0.05) is 23.6 Å². The van der Waals surface area contributed by atoms with Crippen molar-refractivity contribution in [2.45, 2.75) is 0 Å². The molecule has 128 valence electrons. The van der Waals surface area contributed by atoms with Crippen molar-refractivity contribution in [3.8, 4) is 11.6 Å². The zero-order valence-electron chi connectivity index (χ0n) is 14.2. The van der Waals surface area contributed by atoms with Gasteiger partial charge in [0.05, 0.1) is 12.5 Å². The van der Waals surface area contributed by atoms with Gasteiger partial charge in [-0.05, 0) is 30.3 Å². The molecule has 0 aliphatic carbocycles. The molecule has 5 nitrogen and oxygen atoms in total. The normalized spacial score (nSPS) is 10.7. The van der Waals surface area contributed by atoms with E-state index in [0.29, 0.717) is 22.6 Å². The maximum Gasteiger partial charge on any atom is 0.238 e. The second-order valence-electron chi connectivity index (χ2n) is 5.77. The smallest absolute Gasteiger partial charge is 0.238 e. The van der Waals surface area contributed by atoms with Crippen LogP contribution in [0.4, 0.5) is 11.5 Å². The summed E-state index contributed by atoms with van der Waals surface area (Å²) in [6, 6.07) is 22.9. The summed E-state index contributed by atoms with van der Waals surface area (Å²) in [5.74, 6) is 1.05. The van der Waals surface area contributed by atoms with E-state index < -0.39 is 0 Å². The van der Waals surface area contributed by atoms with Crippen LogP contribution in [-0.4, -0.2) is 16.7 Å². The number of benzene rings is 2. The highest BCUT2D eigenvalue weighted by Crippen LogP contribution is 2.29. The topological polar surface area (TPSA) is 56.1 Å². The first-order chi connectivity index (χ1) is 12.8. The highest BCUT2D eigenvalue weighted by atomic mass is 16.5. The van der Waals surface area contributed by atoms with Crippen molar-refractivity contribution in [1.82, 2.24) is 9.55 Å². The zero-order valence-corrected chi connectivity index (χ0v) is 14.2. The van der Waals surface area contributed by atoms with Gasteiger partial charge in [0.15, 0.2) is 5.43 Å². The molecule has 0 spiro atoms. The number of aromatic nitrogens is 2. The fourth-order valence-corrected chi connectivity index (χ4v) is 2.99. The highest BCUT2D eigenvalue weighted by Gasteiger charge is 2.15. The largest absolute Gasteiger partial charge is 0.479 e. The van der Waals surface area contributed by atoms with E-state index in [0.717, 1.165) is 11.4 Å². The lowest BCUT2D eigenvalue weighted by atomic mass is 10.2. The molecule has 0 atom stereocenters. The Labute approximate surface area is 150 Å². The first-order valence-corrected chi connectivity index (χ1v) is 8.24. The molecule has 5 heteroatoms. The number of anilines is 2. The van der Waals surface area contributed by atoms with Gasteiger partial charge in [-0.25, -0.2) is 4.98 Å². The van der Waals surface area contributed by atoms with E-state index in [1.807, 2.05) is 65.2 Å². The Morgan fingerprint density at radius 1 is 0.962 bits per heavy atom. The number of para-hydroxylation sites is 2. The van der Waals surface area contributed by atoms with E-state index in [2.05, 4.69) is 10.3 Å². The van der Waals surface area contributed by atoms with Crippen molar-refractivity contribution >= 4 is 22.4 Å². The van der Waals surface area contributed by atoms with Crippen molar-refractivity contribution in [3.05, 3.63) is 89.2 Å². The molecule has 0 bridgehead atoms. The van der Waals surface area contributed by atoms with Crippen molar-refractivity contribution in [1.29, 1.82) is 0 Å². The number of hydrogen-bond donors (Lipinski definition) is 1. The van der Waals surface area contributed by atoms with Gasteiger partial charge in [0.25, 0.3) is 0 Å². The quantitative estimate of drug-likeness (QED) is 0.605. The molecule has 2 aromatic heterocycles. The molecule has 0 aliphatic rings. The fourth-order valence-electron chi connectivity index (χ4n) is 2.99. The summed E-state index contributed by atoms with van der Waals surface area (Å²) in [5, 5.41) is 3.89. The Morgan fingerprint density at radius 2 is 1.65 bits per heavy atom. The monoisotopic (exact) mass is 343 g/mol. The van der Waals surface area contributed by atoms with Crippen LogP contribution in [0, 0.1) is 0 Å². The molecule has 26 heavy (non-hydrogen) atoms. The number of nitrogens with one attached hydrogen (secondary N) is 1. The molecule has 0 unspecified atom stereocenters. The molecule has 0 amide bonds. The first kappa shape index (κ1) is 15.9. The molecule has 0 saturated heterocycles. The van der Waals surface area contributed by atoms with Gasteiger partial charge < -0.3 is 10.1 Å². The van der Waals surface area contributed by atoms with Crippen LogP contribution in [-0.2, 0) is 0 Å². The molecule has 1 N–H and O–H groups in total. The fraction of sp³-hybridized carbons (Fsp3) is 0.0476. The number of pyridine rings is 2. The molecule has 0 saturated carbocycles. The number of methoxy groups -OCH3 is 1. The summed E-state index contributed by atoms with van der Waals surface area (Å²) in [7, 11) is 1.55. The maximum atomic E-state index is 12.7. The number of rotatable bonds is 4. The van der Waals surface area contributed by atoms with Gasteiger partial charge in [-0.2, -0.15) is 0 Å². The molecule has 0 fully saturated rings. The van der Waals surface area contributed by atoms with Gasteiger partial charge in [-0.15, -0.1) is 0 Å². The summed E-state index contributed by atoms with van der Waals surface area (Å²) in [6.45, 7) is 0. The van der Waals surface area contributed by atoms with Crippen LogP contribution in [0.5, 0.6) is 5.88 Å². The van der Waals surface area contributed by atoms with Crippen LogP contribution in [0.3, 0.4) is 0 Å². The average Bonchev–Trinajstić information content (AvgIpc) is 2.69. The number of ether oxygens (including phenoxy) is 1. The Morgan fingerprint density at radius 3 is 2.35 bits per heavy atom. The Hall–Kier alpha value is -3.60. The third-order valence-corrected chi connectivity index (χ3v) is 4.14. The summed E-state index contributed by atoms with van der Waals surface area (Å²) in [5.41, 5.74) is 2.33. The minimum absolute atomic E-state index is 0.0914. The summed E-state index contributed by atoms with van der Waals surface area (Å²) >= 11 is 0. The predicted octanol–water partition coefficient (Wildman–Crippen LogP) is 4.14. The Balaban J connectivity index is 2.06. The standard InChI is InChI=1S/C21H17N3O2/c1-26-21-20-17(12-13-22-21)18(25)14-19(23-15-8-4-2-5-9-15)24(20)16-10-6-3-7-11-16/h2-14,23H,1H3. The van der Waals surface area contributed by atoms with E-state index in [-0.39, 0.29) is 5.43 Å². The predicted molar refractivity (Wildman–Crippen MR) is 104 cm³/mol. The maximum absolute atomic E-state index is 12.7. The lowest BCUT2D eigenvalue weighted by Crippen LogP contribution is -2.13. The minimum Gasteiger partial charge on any atom is -0.479 e. The molecular weight excluding hydrogens is 326 g/mol. The summed E-state index contributed by atoms with van der Waals surface area (Å²) < 4.78 is 7.41. The van der Waals surface area contributed by atoms with Gasteiger partial charge in [-0.1, -0.05) is 36.4 Å². The van der Waals surface area contributed by atoms with Crippen molar-refractivity contribution in [2.75, 3.05) is 12.4 Å². The number of hydrogen-bond acceptors (Lipinski definition) is 4. The van der Waals surface area contributed by atoms with E-state index in [4.69, 9.17) is 4.74 Å². The van der Waals surface area contributed by atoms with Gasteiger partial charge in [0.2, 0.25) is 5.88 Å². The van der Waals surface area contributed by atoms with Gasteiger partial charge in [0.1, 0.15) is 11.3 Å². The van der Waals surface area contributed by atoms with Crippen molar-refractivity contribution in [2.24, 2.45) is 0 Å². The van der Waals surface area contributed by atoms with Crippen LogP contribution in [0.25, 0.3) is 16.6 Å². The van der Waals surface area contributed by atoms with E-state index in [1.165, 1.54) is 0 Å². The molecule has 0 aliphatic heterocycles. The summed E-state index contributed by atoms with van der Waals surface area (Å²) in [6.07, 6.45) is 1.59. The van der Waals surface area contributed by atoms with Crippen LogP contribution in [0.2, 0.25) is 0 Å². The summed E-state index contributed by atoms with van der Waals surface area (Å²) in [4.78, 5) is 17.0. The SMILES string of the molecule is COc1nccc2c(=O)cc(Nc3ccccc3)n(-c3ccccc3)c12. The second kappa shape index (κ2) is 6.72. The van der Waals surface area contributed by atoms with Gasteiger partial charge >= 0.3 is 0 Å². The Bertz CT molecular complexity index is 1110. The molecule has 0 radical (unpaired) electrons.